The number of carbonyl (C=O) groups excluding carboxylic acids is 1. The molecule has 0 aliphatic carbocycles. The summed E-state index contributed by atoms with van der Waals surface area (Å²) in [5, 5.41) is 15.9. The number of aromatic hydroxyl groups is 1. The Morgan fingerprint density at radius 3 is 2.41 bits per heavy atom. The third kappa shape index (κ3) is 5.16. The second-order valence-corrected chi connectivity index (χ2v) is 7.32. The number of nitrogens with zero attached hydrogens (tertiary/aromatic N) is 2. The molecular formula is C23H22F3N3O3. The molecule has 1 unspecified atom stereocenters. The lowest BCUT2D eigenvalue weighted by molar-refractivity contribution is 0.0741. The van der Waals surface area contributed by atoms with E-state index in [4.69, 9.17) is 0 Å². The predicted molar refractivity (Wildman–Crippen MR) is 112 cm³/mol. The fourth-order valence-electron chi connectivity index (χ4n) is 3.52. The summed E-state index contributed by atoms with van der Waals surface area (Å²) in [6, 6.07) is 9.21. The minimum absolute atomic E-state index is 0.171. The molecule has 0 fully saturated rings. The van der Waals surface area contributed by atoms with Crippen molar-refractivity contribution in [2.75, 3.05) is 13.1 Å². The van der Waals surface area contributed by atoms with Crippen LogP contribution in [0.25, 0.3) is 0 Å². The van der Waals surface area contributed by atoms with Crippen LogP contribution in [0.1, 0.15) is 47.3 Å². The Labute approximate surface area is 182 Å². The van der Waals surface area contributed by atoms with Crippen molar-refractivity contribution >= 4 is 5.91 Å². The molecule has 1 heterocycles. The van der Waals surface area contributed by atoms with E-state index < -0.39 is 40.5 Å². The SMILES string of the molecule is CCCN(CCC(c1ccc(F)cc1)c1ccc(F)c(F)c1)C(=O)c1[nH]ncc(=O)c1O. The lowest BCUT2D eigenvalue weighted by Gasteiger charge is -2.26. The van der Waals surface area contributed by atoms with Gasteiger partial charge in [-0.15, -0.1) is 0 Å². The summed E-state index contributed by atoms with van der Waals surface area (Å²) < 4.78 is 40.8. The monoisotopic (exact) mass is 445 g/mol. The van der Waals surface area contributed by atoms with Gasteiger partial charge in [-0.05, 0) is 48.2 Å². The van der Waals surface area contributed by atoms with Crippen LogP contribution >= 0.6 is 0 Å². The summed E-state index contributed by atoms with van der Waals surface area (Å²) in [6.45, 7) is 2.35. The molecule has 3 aromatic rings. The molecule has 0 aliphatic heterocycles. The first-order valence-electron chi connectivity index (χ1n) is 10.1. The second-order valence-electron chi connectivity index (χ2n) is 7.32. The standard InChI is InChI=1S/C23H22F3N3O3/c1-2-10-29(23(32)21-22(31)20(30)13-27-28-21)11-9-17(14-3-6-16(24)7-4-14)15-5-8-18(25)19(26)12-15/h3-8,12-13,17H,2,9-11H2,1H3,(H,27,31)(H,28,30). The Kier molecular flexibility index (Phi) is 7.29. The minimum Gasteiger partial charge on any atom is -0.502 e. The van der Waals surface area contributed by atoms with Gasteiger partial charge < -0.3 is 10.0 Å². The Morgan fingerprint density at radius 1 is 1.06 bits per heavy atom. The highest BCUT2D eigenvalue weighted by atomic mass is 19.2. The first kappa shape index (κ1) is 23.1. The number of H-pyrrole nitrogens is 1. The van der Waals surface area contributed by atoms with Crippen LogP contribution < -0.4 is 5.43 Å². The van der Waals surface area contributed by atoms with Gasteiger partial charge in [-0.1, -0.05) is 25.1 Å². The van der Waals surface area contributed by atoms with Crippen molar-refractivity contribution in [2.45, 2.75) is 25.7 Å². The third-order valence-corrected chi connectivity index (χ3v) is 5.13. The van der Waals surface area contributed by atoms with E-state index in [-0.39, 0.29) is 12.2 Å². The van der Waals surface area contributed by atoms with Gasteiger partial charge in [-0.2, -0.15) is 5.10 Å². The Bertz CT molecular complexity index is 1150. The fraction of sp³-hybridized carbons (Fsp3) is 0.261. The number of benzene rings is 2. The van der Waals surface area contributed by atoms with Crippen LogP contribution in [0.2, 0.25) is 0 Å². The molecule has 1 amide bonds. The molecule has 168 valence electrons. The lowest BCUT2D eigenvalue weighted by atomic mass is 9.88. The topological polar surface area (TPSA) is 86.3 Å². The first-order valence-corrected chi connectivity index (χ1v) is 10.1. The molecule has 0 saturated heterocycles. The van der Waals surface area contributed by atoms with E-state index in [2.05, 4.69) is 10.2 Å². The maximum absolute atomic E-state index is 13.9. The molecule has 2 N–H and O–H groups in total. The highest BCUT2D eigenvalue weighted by Crippen LogP contribution is 2.30. The minimum atomic E-state index is -1.01. The quantitative estimate of drug-likeness (QED) is 0.550. The molecule has 0 bridgehead atoms. The highest BCUT2D eigenvalue weighted by molar-refractivity contribution is 5.94. The van der Waals surface area contributed by atoms with Crippen LogP contribution in [0.15, 0.2) is 53.5 Å². The van der Waals surface area contributed by atoms with Crippen molar-refractivity contribution in [3.8, 4) is 5.75 Å². The van der Waals surface area contributed by atoms with E-state index in [9.17, 15) is 27.9 Å². The fourth-order valence-corrected chi connectivity index (χ4v) is 3.52. The van der Waals surface area contributed by atoms with Crippen LogP contribution in [0.3, 0.4) is 0 Å². The largest absolute Gasteiger partial charge is 0.502 e. The van der Waals surface area contributed by atoms with E-state index in [0.29, 0.717) is 30.5 Å². The maximum Gasteiger partial charge on any atom is 0.275 e. The molecule has 0 spiro atoms. The number of hydrogen-bond donors (Lipinski definition) is 2. The number of amides is 1. The number of nitrogens with one attached hydrogen (secondary N) is 1. The van der Waals surface area contributed by atoms with Gasteiger partial charge in [-0.3, -0.25) is 14.7 Å². The van der Waals surface area contributed by atoms with Crippen molar-refractivity contribution in [2.24, 2.45) is 0 Å². The summed E-state index contributed by atoms with van der Waals surface area (Å²) in [4.78, 5) is 26.0. The van der Waals surface area contributed by atoms with Crippen LogP contribution in [0, 0.1) is 17.5 Å². The molecule has 1 atom stereocenters. The van der Waals surface area contributed by atoms with Crippen molar-refractivity contribution in [1.29, 1.82) is 0 Å². The smallest absolute Gasteiger partial charge is 0.275 e. The molecule has 0 aliphatic rings. The molecule has 3 rings (SSSR count). The number of aromatic amines is 1. The van der Waals surface area contributed by atoms with Gasteiger partial charge in [0.15, 0.2) is 23.1 Å². The summed E-state index contributed by atoms with van der Waals surface area (Å²) in [5.74, 6) is -4.21. The molecule has 9 heteroatoms. The number of carbonyl (C=O) groups is 1. The van der Waals surface area contributed by atoms with Gasteiger partial charge in [0.05, 0.1) is 6.20 Å². The summed E-state index contributed by atoms with van der Waals surface area (Å²) in [7, 11) is 0. The number of aromatic nitrogens is 2. The Hall–Kier alpha value is -3.62. The molecule has 0 radical (unpaired) electrons. The molecule has 6 nitrogen and oxygen atoms in total. The maximum atomic E-state index is 13.9. The zero-order valence-electron chi connectivity index (χ0n) is 17.3. The van der Waals surface area contributed by atoms with Crippen LogP contribution in [0.5, 0.6) is 5.75 Å². The van der Waals surface area contributed by atoms with Crippen LogP contribution in [0.4, 0.5) is 13.2 Å². The van der Waals surface area contributed by atoms with Gasteiger partial charge in [0.2, 0.25) is 5.43 Å². The molecular weight excluding hydrogens is 423 g/mol. The van der Waals surface area contributed by atoms with E-state index in [1.165, 1.54) is 23.1 Å². The summed E-state index contributed by atoms with van der Waals surface area (Å²) in [5.41, 5.74) is 0.0302. The van der Waals surface area contributed by atoms with Crippen molar-refractivity contribution < 1.29 is 23.1 Å². The zero-order valence-corrected chi connectivity index (χ0v) is 17.3. The van der Waals surface area contributed by atoms with Gasteiger partial charge in [-0.25, -0.2) is 13.2 Å². The van der Waals surface area contributed by atoms with Gasteiger partial charge >= 0.3 is 0 Å². The van der Waals surface area contributed by atoms with E-state index in [1.807, 2.05) is 6.92 Å². The van der Waals surface area contributed by atoms with Gasteiger partial charge in [0.1, 0.15) is 5.82 Å². The predicted octanol–water partition coefficient (Wildman–Crippen LogP) is 3.97. The highest BCUT2D eigenvalue weighted by Gasteiger charge is 2.24. The molecule has 0 saturated carbocycles. The normalized spacial score (nSPS) is 11.9. The van der Waals surface area contributed by atoms with Crippen molar-refractivity contribution in [1.82, 2.24) is 15.1 Å². The first-order chi connectivity index (χ1) is 15.3. The van der Waals surface area contributed by atoms with Gasteiger partial charge in [0, 0.05) is 19.0 Å². The lowest BCUT2D eigenvalue weighted by Crippen LogP contribution is -2.35. The zero-order chi connectivity index (χ0) is 23.3. The van der Waals surface area contributed by atoms with E-state index in [1.54, 1.807) is 12.1 Å². The number of halogens is 3. The van der Waals surface area contributed by atoms with E-state index in [0.717, 1.165) is 18.3 Å². The number of hydrogen-bond acceptors (Lipinski definition) is 4. The average Bonchev–Trinajstić information content (AvgIpc) is 2.78. The third-order valence-electron chi connectivity index (χ3n) is 5.13. The van der Waals surface area contributed by atoms with Crippen LogP contribution in [-0.4, -0.2) is 39.2 Å². The summed E-state index contributed by atoms with van der Waals surface area (Å²) in [6.07, 6.45) is 1.76. The Morgan fingerprint density at radius 2 is 1.75 bits per heavy atom. The van der Waals surface area contributed by atoms with Crippen molar-refractivity contribution in [3.05, 3.63) is 93.2 Å². The van der Waals surface area contributed by atoms with E-state index >= 15 is 0 Å². The Balaban J connectivity index is 1.90. The molecule has 32 heavy (non-hydrogen) atoms. The average molecular weight is 445 g/mol. The van der Waals surface area contributed by atoms with Crippen molar-refractivity contribution in [3.63, 3.8) is 0 Å². The summed E-state index contributed by atoms with van der Waals surface area (Å²) >= 11 is 0. The van der Waals surface area contributed by atoms with Gasteiger partial charge in [0.25, 0.3) is 5.91 Å². The second kappa shape index (κ2) is 10.1. The van der Waals surface area contributed by atoms with Crippen LogP contribution in [-0.2, 0) is 0 Å². The molecule has 1 aromatic heterocycles. The number of rotatable bonds is 8. The molecule has 2 aromatic carbocycles.